The number of esters is 2. The molecule has 2 aromatic carbocycles. The summed E-state index contributed by atoms with van der Waals surface area (Å²) in [4.78, 5) is 25.1. The topological polar surface area (TPSA) is 152 Å². The molecular weight excluding hydrogens is 532 g/mol. The van der Waals surface area contributed by atoms with E-state index in [1.807, 2.05) is 6.08 Å². The highest BCUT2D eigenvalue weighted by Crippen LogP contribution is 2.26. The second-order valence-electron chi connectivity index (χ2n) is 10.2. The van der Waals surface area contributed by atoms with Gasteiger partial charge in [0, 0.05) is 32.3 Å². The molecule has 0 heterocycles. The Bertz CT molecular complexity index is 1130. The lowest BCUT2D eigenvalue weighted by Crippen LogP contribution is -2.28. The largest absolute Gasteiger partial charge is 0.497 e. The van der Waals surface area contributed by atoms with Crippen LogP contribution in [0.4, 0.5) is 0 Å². The number of carbonyl (C=O) groups excluding carboxylic acids is 2. The van der Waals surface area contributed by atoms with Gasteiger partial charge in [0.1, 0.15) is 23.7 Å². The molecule has 2 aromatic rings. The zero-order valence-corrected chi connectivity index (χ0v) is 23.5. The molecule has 0 amide bonds. The van der Waals surface area contributed by atoms with Crippen LogP contribution in [0.2, 0.25) is 0 Å². The summed E-state index contributed by atoms with van der Waals surface area (Å²) < 4.78 is 21.3. The minimum Gasteiger partial charge on any atom is -0.497 e. The highest BCUT2D eigenvalue weighted by Gasteiger charge is 2.26. The van der Waals surface area contributed by atoms with Gasteiger partial charge in [-0.2, -0.15) is 0 Å². The predicted molar refractivity (Wildman–Crippen MR) is 150 cm³/mol. The molecule has 4 N–H and O–H groups in total. The van der Waals surface area contributed by atoms with Crippen molar-refractivity contribution >= 4 is 11.9 Å². The van der Waals surface area contributed by atoms with Crippen molar-refractivity contribution in [2.45, 2.75) is 75.5 Å². The summed E-state index contributed by atoms with van der Waals surface area (Å²) in [5.74, 6) is 0.147. The van der Waals surface area contributed by atoms with E-state index in [1.54, 1.807) is 48.5 Å². The van der Waals surface area contributed by atoms with Gasteiger partial charge in [-0.1, -0.05) is 11.6 Å². The normalized spacial score (nSPS) is 19.2. The van der Waals surface area contributed by atoms with E-state index in [0.717, 1.165) is 5.57 Å². The van der Waals surface area contributed by atoms with Crippen molar-refractivity contribution in [3.63, 3.8) is 0 Å². The van der Waals surface area contributed by atoms with Gasteiger partial charge in [0.2, 0.25) is 0 Å². The van der Waals surface area contributed by atoms with Gasteiger partial charge in [0.15, 0.2) is 0 Å². The first kappa shape index (κ1) is 32.1. The summed E-state index contributed by atoms with van der Waals surface area (Å²) in [6.45, 7) is -0.231. The van der Waals surface area contributed by atoms with Crippen molar-refractivity contribution in [1.29, 1.82) is 0 Å². The third-order valence-corrected chi connectivity index (χ3v) is 6.93. The second kappa shape index (κ2) is 16.1. The van der Waals surface area contributed by atoms with E-state index in [9.17, 15) is 30.0 Å². The molecule has 5 atom stereocenters. The molecule has 0 aliphatic heterocycles. The van der Waals surface area contributed by atoms with Crippen molar-refractivity contribution in [3.05, 3.63) is 71.3 Å². The lowest BCUT2D eigenvalue weighted by Gasteiger charge is -2.22. The summed E-state index contributed by atoms with van der Waals surface area (Å²) in [5.41, 5.74) is 1.50. The first-order valence-corrected chi connectivity index (χ1v) is 13.7. The van der Waals surface area contributed by atoms with Gasteiger partial charge < -0.3 is 39.4 Å². The van der Waals surface area contributed by atoms with E-state index in [1.165, 1.54) is 14.2 Å². The number of benzene rings is 2. The Labute approximate surface area is 240 Å². The summed E-state index contributed by atoms with van der Waals surface area (Å²) >= 11 is 0. The molecule has 1 aliphatic carbocycles. The van der Waals surface area contributed by atoms with Gasteiger partial charge in [-0.05, 0) is 67.8 Å². The van der Waals surface area contributed by atoms with Gasteiger partial charge in [-0.25, -0.2) is 9.59 Å². The number of rotatable bonds is 14. The van der Waals surface area contributed by atoms with Gasteiger partial charge in [0.05, 0.1) is 43.7 Å². The maximum absolute atomic E-state index is 12.5. The average molecular weight is 573 g/mol. The molecule has 0 bridgehead atoms. The molecule has 0 radical (unpaired) electrons. The molecule has 0 saturated carbocycles. The van der Waals surface area contributed by atoms with Crippen LogP contribution in [-0.2, 0) is 9.47 Å². The van der Waals surface area contributed by atoms with E-state index in [2.05, 4.69) is 0 Å². The molecule has 1 aliphatic rings. The standard InChI is InChI=1S/C31H40O10/c1-38-26-9-4-21(5-10-26)30(36)40-28-8-3-20(16-24(34)18-28)15-23(33)17-25(35)19-29(13-14-32)41-31(37)22-6-11-27(39-2)12-7-22/h3-7,9-12,23-25,28-29,32-35H,8,13-19H2,1-2H3/t23-,24-,25+,28-,29+/m1/s1. The Morgan fingerprint density at radius 1 is 0.878 bits per heavy atom. The zero-order chi connectivity index (χ0) is 29.8. The number of hydrogen-bond donors (Lipinski definition) is 4. The van der Waals surface area contributed by atoms with Gasteiger partial charge >= 0.3 is 11.9 Å². The van der Waals surface area contributed by atoms with Crippen LogP contribution >= 0.6 is 0 Å². The summed E-state index contributed by atoms with van der Waals surface area (Å²) in [5, 5.41) is 41.2. The lowest BCUT2D eigenvalue weighted by molar-refractivity contribution is -0.000879. The fraction of sp³-hybridized carbons (Fsp3) is 0.484. The molecule has 3 rings (SSSR count). The van der Waals surface area contributed by atoms with E-state index in [4.69, 9.17) is 18.9 Å². The first-order valence-electron chi connectivity index (χ1n) is 13.7. The van der Waals surface area contributed by atoms with Gasteiger partial charge in [0.25, 0.3) is 0 Å². The van der Waals surface area contributed by atoms with Crippen LogP contribution in [0.25, 0.3) is 0 Å². The smallest absolute Gasteiger partial charge is 0.338 e. The average Bonchev–Trinajstić information content (AvgIpc) is 3.12. The van der Waals surface area contributed by atoms with E-state index >= 15 is 0 Å². The molecular formula is C31H40O10. The minimum atomic E-state index is -0.986. The van der Waals surface area contributed by atoms with Gasteiger partial charge in [-0.3, -0.25) is 0 Å². The number of aliphatic hydroxyl groups is 4. The molecule has 0 unspecified atom stereocenters. The van der Waals surface area contributed by atoms with Crippen molar-refractivity contribution in [2.75, 3.05) is 20.8 Å². The third-order valence-electron chi connectivity index (χ3n) is 6.93. The highest BCUT2D eigenvalue weighted by atomic mass is 16.5. The number of ether oxygens (including phenoxy) is 4. The summed E-state index contributed by atoms with van der Waals surface area (Å²) in [6, 6.07) is 13.0. The monoisotopic (exact) mass is 572 g/mol. The van der Waals surface area contributed by atoms with Crippen molar-refractivity contribution in [1.82, 2.24) is 0 Å². The van der Waals surface area contributed by atoms with E-state index < -0.39 is 42.5 Å². The van der Waals surface area contributed by atoms with Crippen LogP contribution in [0.3, 0.4) is 0 Å². The van der Waals surface area contributed by atoms with Gasteiger partial charge in [-0.15, -0.1) is 0 Å². The summed E-state index contributed by atoms with van der Waals surface area (Å²) in [7, 11) is 3.06. The minimum absolute atomic E-state index is 0.0192. The fourth-order valence-electron chi connectivity index (χ4n) is 4.79. The Morgan fingerprint density at radius 2 is 1.46 bits per heavy atom. The lowest BCUT2D eigenvalue weighted by atomic mass is 9.96. The van der Waals surface area contributed by atoms with Crippen molar-refractivity contribution in [3.8, 4) is 11.5 Å². The summed E-state index contributed by atoms with van der Waals surface area (Å²) in [6.07, 6.45) is -0.625. The quantitative estimate of drug-likeness (QED) is 0.196. The molecule has 224 valence electrons. The van der Waals surface area contributed by atoms with Crippen LogP contribution < -0.4 is 9.47 Å². The molecule has 10 heteroatoms. The van der Waals surface area contributed by atoms with Crippen molar-refractivity contribution in [2.24, 2.45) is 0 Å². The van der Waals surface area contributed by atoms with Crippen LogP contribution in [0.15, 0.2) is 60.2 Å². The van der Waals surface area contributed by atoms with Crippen LogP contribution in [-0.4, -0.2) is 83.7 Å². The predicted octanol–water partition coefficient (Wildman–Crippen LogP) is 3.20. The SMILES string of the molecule is COc1ccc(C(=O)O[C@@H]2CC=C(C[C@@H](O)C[C@H](O)C[C@H](CCO)OC(=O)c3ccc(OC)cc3)C[C@@H](O)C2)cc1. The fourth-order valence-corrected chi connectivity index (χ4v) is 4.79. The number of hydrogen-bond acceptors (Lipinski definition) is 10. The number of aliphatic hydroxyl groups excluding tert-OH is 4. The molecule has 0 fully saturated rings. The second-order valence-corrected chi connectivity index (χ2v) is 10.2. The maximum Gasteiger partial charge on any atom is 0.338 e. The Hall–Kier alpha value is -3.44. The highest BCUT2D eigenvalue weighted by molar-refractivity contribution is 5.90. The third kappa shape index (κ3) is 10.5. The molecule has 0 saturated heterocycles. The van der Waals surface area contributed by atoms with E-state index in [-0.39, 0.29) is 38.7 Å². The maximum atomic E-state index is 12.5. The zero-order valence-electron chi connectivity index (χ0n) is 23.5. The van der Waals surface area contributed by atoms with Crippen LogP contribution in [0.1, 0.15) is 65.7 Å². The Morgan fingerprint density at radius 3 is 2.02 bits per heavy atom. The van der Waals surface area contributed by atoms with Crippen LogP contribution in [0, 0.1) is 0 Å². The number of carbonyl (C=O) groups is 2. The van der Waals surface area contributed by atoms with Crippen LogP contribution in [0.5, 0.6) is 11.5 Å². The Kier molecular flexibility index (Phi) is 12.6. The molecule has 10 nitrogen and oxygen atoms in total. The first-order chi connectivity index (χ1) is 19.7. The molecule has 0 aromatic heterocycles. The van der Waals surface area contributed by atoms with E-state index in [0.29, 0.717) is 35.5 Å². The number of methoxy groups -OCH3 is 2. The van der Waals surface area contributed by atoms with Crippen molar-refractivity contribution < 1.29 is 49.0 Å². The Balaban J connectivity index is 1.49. The molecule has 0 spiro atoms. The molecule has 41 heavy (non-hydrogen) atoms.